The van der Waals surface area contributed by atoms with Gasteiger partial charge in [0.2, 0.25) is 10.0 Å². The number of ether oxygens (including phenoxy) is 1. The number of nitrogens with zero attached hydrogens (tertiary/aromatic N) is 3. The number of morpholine rings is 1. The number of piperazine rings is 1. The summed E-state index contributed by atoms with van der Waals surface area (Å²) in [6, 6.07) is 10.6. The van der Waals surface area contributed by atoms with Crippen molar-refractivity contribution in [3.8, 4) is 0 Å². The first-order valence-electron chi connectivity index (χ1n) is 10.0. The zero-order valence-electron chi connectivity index (χ0n) is 16.8. The van der Waals surface area contributed by atoms with E-state index in [1.54, 1.807) is 17.0 Å². The molecule has 31 heavy (non-hydrogen) atoms. The third kappa shape index (κ3) is 4.69. The van der Waals surface area contributed by atoms with Crippen LogP contribution in [0.1, 0.15) is 10.4 Å². The van der Waals surface area contributed by atoms with Crippen LogP contribution < -0.4 is 4.90 Å². The van der Waals surface area contributed by atoms with Gasteiger partial charge in [-0.1, -0.05) is 11.6 Å². The largest absolute Gasteiger partial charge is 0.379 e. The van der Waals surface area contributed by atoms with Gasteiger partial charge in [-0.3, -0.25) is 4.79 Å². The number of halogens is 2. The Morgan fingerprint density at radius 2 is 1.58 bits per heavy atom. The Labute approximate surface area is 186 Å². The van der Waals surface area contributed by atoms with E-state index in [9.17, 15) is 17.6 Å². The summed E-state index contributed by atoms with van der Waals surface area (Å²) in [5.74, 6) is -0.482. The van der Waals surface area contributed by atoms with Gasteiger partial charge in [-0.25, -0.2) is 12.8 Å². The summed E-state index contributed by atoms with van der Waals surface area (Å²) in [5, 5.41) is 0.0299. The number of rotatable bonds is 4. The average Bonchev–Trinajstić information content (AvgIpc) is 2.79. The van der Waals surface area contributed by atoms with E-state index in [2.05, 4.69) is 4.90 Å². The van der Waals surface area contributed by atoms with Gasteiger partial charge in [-0.2, -0.15) is 4.31 Å². The second-order valence-electron chi connectivity index (χ2n) is 7.42. The molecule has 0 saturated carbocycles. The summed E-state index contributed by atoms with van der Waals surface area (Å²) in [7, 11) is -3.74. The first-order chi connectivity index (χ1) is 14.9. The van der Waals surface area contributed by atoms with Crippen molar-refractivity contribution in [1.29, 1.82) is 0 Å². The molecule has 1 amide bonds. The Balaban J connectivity index is 1.43. The lowest BCUT2D eigenvalue weighted by Crippen LogP contribution is -2.48. The molecule has 10 heteroatoms. The monoisotopic (exact) mass is 467 g/mol. The zero-order chi connectivity index (χ0) is 22.0. The highest BCUT2D eigenvalue weighted by molar-refractivity contribution is 7.89. The van der Waals surface area contributed by atoms with Gasteiger partial charge in [0.05, 0.1) is 18.2 Å². The van der Waals surface area contributed by atoms with Crippen LogP contribution in [-0.4, -0.2) is 76.0 Å². The number of amides is 1. The van der Waals surface area contributed by atoms with Crippen molar-refractivity contribution in [3.05, 3.63) is 58.9 Å². The normalized spacial score (nSPS) is 18.3. The average molecular weight is 468 g/mol. The molecule has 0 bridgehead atoms. The molecule has 0 spiro atoms. The van der Waals surface area contributed by atoms with Gasteiger partial charge in [0.1, 0.15) is 10.7 Å². The maximum Gasteiger partial charge on any atom is 0.254 e. The minimum Gasteiger partial charge on any atom is -0.379 e. The van der Waals surface area contributed by atoms with Crippen molar-refractivity contribution in [2.24, 2.45) is 0 Å². The molecule has 2 aromatic rings. The van der Waals surface area contributed by atoms with Crippen LogP contribution in [0.4, 0.5) is 10.1 Å². The molecule has 2 aliphatic rings. The van der Waals surface area contributed by atoms with Crippen molar-refractivity contribution in [2.75, 3.05) is 57.4 Å². The fraction of sp³-hybridized carbons (Fsp3) is 0.381. The van der Waals surface area contributed by atoms with Gasteiger partial charge in [0.15, 0.2) is 0 Å². The predicted molar refractivity (Wildman–Crippen MR) is 116 cm³/mol. The summed E-state index contributed by atoms with van der Waals surface area (Å²) < 4.78 is 45.4. The van der Waals surface area contributed by atoms with E-state index in [0.717, 1.165) is 5.69 Å². The maximum atomic E-state index is 13.1. The van der Waals surface area contributed by atoms with Crippen molar-refractivity contribution >= 4 is 33.2 Å². The van der Waals surface area contributed by atoms with Gasteiger partial charge in [0.25, 0.3) is 5.91 Å². The summed E-state index contributed by atoms with van der Waals surface area (Å²) >= 11 is 6.29. The molecular formula is C21H23ClFN3O4S. The minimum atomic E-state index is -3.74. The summed E-state index contributed by atoms with van der Waals surface area (Å²) in [6.07, 6.45) is 0. The highest BCUT2D eigenvalue weighted by atomic mass is 35.5. The molecule has 0 aliphatic carbocycles. The highest BCUT2D eigenvalue weighted by Gasteiger charge is 2.29. The van der Waals surface area contributed by atoms with Crippen molar-refractivity contribution < 1.29 is 22.3 Å². The van der Waals surface area contributed by atoms with Gasteiger partial charge in [-0.15, -0.1) is 0 Å². The molecule has 0 radical (unpaired) electrons. The zero-order valence-corrected chi connectivity index (χ0v) is 18.4. The fourth-order valence-electron chi connectivity index (χ4n) is 3.77. The van der Waals surface area contributed by atoms with Gasteiger partial charge >= 0.3 is 0 Å². The summed E-state index contributed by atoms with van der Waals surface area (Å²) in [5.41, 5.74) is 1.26. The van der Waals surface area contributed by atoms with E-state index in [4.69, 9.17) is 16.3 Å². The molecule has 2 fully saturated rings. The Kier molecular flexibility index (Phi) is 6.47. The van der Waals surface area contributed by atoms with E-state index in [1.807, 2.05) is 0 Å². The van der Waals surface area contributed by atoms with Crippen LogP contribution in [0.3, 0.4) is 0 Å². The standard InChI is InChI=1S/C21H23ClFN3O4S/c22-19-15-16(1-6-20(19)31(28,29)26-11-13-30-14-12-26)21(27)25-9-7-24(8-10-25)18-4-2-17(23)3-5-18/h1-6,15H,7-14H2. The van der Waals surface area contributed by atoms with E-state index in [1.165, 1.54) is 34.6 Å². The lowest BCUT2D eigenvalue weighted by atomic mass is 10.1. The first-order valence-corrected chi connectivity index (χ1v) is 11.9. The lowest BCUT2D eigenvalue weighted by molar-refractivity contribution is 0.0730. The van der Waals surface area contributed by atoms with Crippen molar-refractivity contribution in [3.63, 3.8) is 0 Å². The quantitative estimate of drug-likeness (QED) is 0.691. The number of carbonyl (C=O) groups is 1. The fourth-order valence-corrected chi connectivity index (χ4v) is 5.70. The van der Waals surface area contributed by atoms with Crippen LogP contribution in [0, 0.1) is 5.82 Å². The molecule has 0 N–H and O–H groups in total. The summed E-state index contributed by atoms with van der Waals surface area (Å²) in [6.45, 7) is 3.48. The molecule has 7 nitrogen and oxygen atoms in total. The number of sulfonamides is 1. The molecule has 2 saturated heterocycles. The predicted octanol–water partition coefficient (Wildman–Crippen LogP) is 2.46. The second-order valence-corrected chi connectivity index (χ2v) is 9.73. The molecule has 0 atom stereocenters. The number of anilines is 1. The first kappa shape index (κ1) is 22.0. The lowest BCUT2D eigenvalue weighted by Gasteiger charge is -2.36. The number of carbonyl (C=O) groups excluding carboxylic acids is 1. The molecule has 4 rings (SSSR count). The number of benzene rings is 2. The summed E-state index contributed by atoms with van der Waals surface area (Å²) in [4.78, 5) is 16.7. The van der Waals surface area contributed by atoms with Gasteiger partial charge in [0, 0.05) is 50.5 Å². The Morgan fingerprint density at radius 3 is 2.19 bits per heavy atom. The van der Waals surface area contributed by atoms with Crippen molar-refractivity contribution in [2.45, 2.75) is 4.90 Å². The molecule has 2 aromatic carbocycles. The third-order valence-corrected chi connectivity index (χ3v) is 7.91. The maximum absolute atomic E-state index is 13.1. The highest BCUT2D eigenvalue weighted by Crippen LogP contribution is 2.27. The van der Waals surface area contributed by atoms with E-state index >= 15 is 0 Å². The van der Waals surface area contributed by atoms with E-state index < -0.39 is 10.0 Å². The number of hydrogen-bond acceptors (Lipinski definition) is 5. The second kappa shape index (κ2) is 9.12. The molecule has 2 heterocycles. The smallest absolute Gasteiger partial charge is 0.254 e. The Hall–Kier alpha value is -2.20. The van der Waals surface area contributed by atoms with Crippen LogP contribution in [0.2, 0.25) is 5.02 Å². The van der Waals surface area contributed by atoms with Crippen LogP contribution in [0.5, 0.6) is 0 Å². The molecular weight excluding hydrogens is 445 g/mol. The van der Waals surface area contributed by atoms with Crippen LogP contribution in [0.15, 0.2) is 47.4 Å². The van der Waals surface area contributed by atoms with E-state index in [0.29, 0.717) is 45.0 Å². The number of hydrogen-bond donors (Lipinski definition) is 0. The molecule has 2 aliphatic heterocycles. The van der Waals surface area contributed by atoms with Crippen molar-refractivity contribution in [1.82, 2.24) is 9.21 Å². The SMILES string of the molecule is O=C(c1ccc(S(=O)(=O)N2CCOCC2)c(Cl)c1)N1CCN(c2ccc(F)cc2)CC1. The Bertz CT molecular complexity index is 1050. The Morgan fingerprint density at radius 1 is 0.935 bits per heavy atom. The van der Waals surface area contributed by atoms with Crippen LogP contribution in [0.25, 0.3) is 0 Å². The topological polar surface area (TPSA) is 70.2 Å². The van der Waals surface area contributed by atoms with Gasteiger partial charge < -0.3 is 14.5 Å². The van der Waals surface area contributed by atoms with Gasteiger partial charge in [-0.05, 0) is 42.5 Å². The third-order valence-electron chi connectivity index (χ3n) is 5.53. The van der Waals surface area contributed by atoms with E-state index in [-0.39, 0.29) is 34.7 Å². The van der Waals surface area contributed by atoms with Crippen LogP contribution in [-0.2, 0) is 14.8 Å². The molecule has 0 aromatic heterocycles. The van der Waals surface area contributed by atoms with Crippen LogP contribution >= 0.6 is 11.6 Å². The minimum absolute atomic E-state index is 0.00579. The molecule has 0 unspecified atom stereocenters. The molecule has 166 valence electrons.